The van der Waals surface area contributed by atoms with E-state index >= 15 is 0 Å². The maximum atomic E-state index is 11.7. The van der Waals surface area contributed by atoms with E-state index in [9.17, 15) is 9.90 Å². The molecule has 0 saturated carbocycles. The fourth-order valence-electron chi connectivity index (χ4n) is 1.79. The van der Waals surface area contributed by atoms with E-state index < -0.39 is 0 Å². The smallest absolute Gasteiger partial charge is 0.273 e. The van der Waals surface area contributed by atoms with Gasteiger partial charge < -0.3 is 10.4 Å². The highest BCUT2D eigenvalue weighted by molar-refractivity contribution is 5.95. The summed E-state index contributed by atoms with van der Waals surface area (Å²) < 4.78 is 0. The van der Waals surface area contributed by atoms with Crippen LogP contribution in [0.15, 0.2) is 36.5 Å². The molecule has 4 heteroatoms. The summed E-state index contributed by atoms with van der Waals surface area (Å²) in [5.41, 5.74) is 2.06. The molecule has 1 amide bonds. The monoisotopic (exact) mass is 280 g/mol. The highest BCUT2D eigenvalue weighted by Gasteiger charge is 2.15. The number of pyridine rings is 1. The molecule has 2 aromatic rings. The Balaban J connectivity index is 2.34. The van der Waals surface area contributed by atoms with Gasteiger partial charge in [0.05, 0.1) is 0 Å². The molecule has 1 heterocycles. The maximum Gasteiger partial charge on any atom is 0.273 e. The Hall–Kier alpha value is -2.80. The predicted molar refractivity (Wildman–Crippen MR) is 81.1 cm³/mol. The van der Waals surface area contributed by atoms with Crippen LogP contribution in [0.4, 0.5) is 0 Å². The third kappa shape index (κ3) is 3.40. The van der Waals surface area contributed by atoms with Crippen molar-refractivity contribution in [1.29, 1.82) is 0 Å². The van der Waals surface area contributed by atoms with Crippen LogP contribution in [0.2, 0.25) is 0 Å². The summed E-state index contributed by atoms with van der Waals surface area (Å²) in [5.74, 6) is 5.45. The zero-order valence-corrected chi connectivity index (χ0v) is 12.0. The SMILES string of the molecule is CCNC(=O)c1ncc(C#Cc2ccccc2)c(C)c1O. The number of amides is 1. The summed E-state index contributed by atoms with van der Waals surface area (Å²) in [4.78, 5) is 15.7. The second kappa shape index (κ2) is 6.58. The molecule has 0 spiro atoms. The topological polar surface area (TPSA) is 62.2 Å². The predicted octanol–water partition coefficient (Wildman–Crippen LogP) is 2.25. The third-order valence-electron chi connectivity index (χ3n) is 2.97. The Morgan fingerprint density at radius 1 is 1.29 bits per heavy atom. The lowest BCUT2D eigenvalue weighted by Crippen LogP contribution is -2.24. The molecule has 1 aromatic carbocycles. The fraction of sp³-hybridized carbons (Fsp3) is 0.176. The van der Waals surface area contributed by atoms with Crippen molar-refractivity contribution in [3.05, 3.63) is 58.9 Å². The van der Waals surface area contributed by atoms with Gasteiger partial charge in [-0.15, -0.1) is 0 Å². The van der Waals surface area contributed by atoms with Crippen LogP contribution in [0.3, 0.4) is 0 Å². The number of hydrogen-bond donors (Lipinski definition) is 2. The highest BCUT2D eigenvalue weighted by Crippen LogP contribution is 2.22. The van der Waals surface area contributed by atoms with Crippen molar-refractivity contribution >= 4 is 5.91 Å². The quantitative estimate of drug-likeness (QED) is 0.829. The van der Waals surface area contributed by atoms with Crippen molar-refractivity contribution in [1.82, 2.24) is 10.3 Å². The molecule has 21 heavy (non-hydrogen) atoms. The van der Waals surface area contributed by atoms with Crippen LogP contribution in [0.25, 0.3) is 0 Å². The van der Waals surface area contributed by atoms with E-state index in [1.807, 2.05) is 37.3 Å². The van der Waals surface area contributed by atoms with E-state index in [4.69, 9.17) is 0 Å². The van der Waals surface area contributed by atoms with Crippen LogP contribution >= 0.6 is 0 Å². The number of rotatable bonds is 2. The zero-order chi connectivity index (χ0) is 15.2. The Labute approximate surface area is 123 Å². The number of benzene rings is 1. The van der Waals surface area contributed by atoms with Crippen LogP contribution in [0.1, 0.15) is 34.1 Å². The first-order valence-corrected chi connectivity index (χ1v) is 6.67. The van der Waals surface area contributed by atoms with E-state index in [0.717, 1.165) is 5.56 Å². The van der Waals surface area contributed by atoms with E-state index in [0.29, 0.717) is 17.7 Å². The number of nitrogens with one attached hydrogen (secondary N) is 1. The number of aromatic nitrogens is 1. The van der Waals surface area contributed by atoms with Gasteiger partial charge in [-0.2, -0.15) is 0 Å². The summed E-state index contributed by atoms with van der Waals surface area (Å²) in [6.07, 6.45) is 1.51. The second-order valence-corrected chi connectivity index (χ2v) is 4.47. The fourth-order valence-corrected chi connectivity index (χ4v) is 1.79. The van der Waals surface area contributed by atoms with Crippen molar-refractivity contribution in [3.8, 4) is 17.6 Å². The lowest BCUT2D eigenvalue weighted by atomic mass is 10.1. The van der Waals surface area contributed by atoms with Crippen LogP contribution in [-0.4, -0.2) is 22.5 Å². The first-order chi connectivity index (χ1) is 10.1. The van der Waals surface area contributed by atoms with Gasteiger partial charge in [-0.25, -0.2) is 4.98 Å². The van der Waals surface area contributed by atoms with Gasteiger partial charge >= 0.3 is 0 Å². The molecule has 2 N–H and O–H groups in total. The van der Waals surface area contributed by atoms with E-state index in [1.54, 1.807) is 6.92 Å². The number of carbonyl (C=O) groups excluding carboxylic acids is 1. The first kappa shape index (κ1) is 14.6. The van der Waals surface area contributed by atoms with Gasteiger partial charge in [-0.3, -0.25) is 4.79 Å². The molecular formula is C17H16N2O2. The van der Waals surface area contributed by atoms with Crippen molar-refractivity contribution in [2.75, 3.05) is 6.54 Å². The Morgan fingerprint density at radius 3 is 2.67 bits per heavy atom. The molecule has 2 rings (SSSR count). The minimum atomic E-state index is -0.388. The molecule has 4 nitrogen and oxygen atoms in total. The summed E-state index contributed by atoms with van der Waals surface area (Å²) in [6, 6.07) is 9.54. The molecule has 0 aliphatic rings. The number of carbonyl (C=O) groups is 1. The second-order valence-electron chi connectivity index (χ2n) is 4.47. The van der Waals surface area contributed by atoms with E-state index in [-0.39, 0.29) is 17.4 Å². The van der Waals surface area contributed by atoms with Crippen molar-refractivity contribution in [2.24, 2.45) is 0 Å². The molecule has 0 bridgehead atoms. The zero-order valence-electron chi connectivity index (χ0n) is 12.0. The van der Waals surface area contributed by atoms with Gasteiger partial charge in [0, 0.05) is 29.4 Å². The van der Waals surface area contributed by atoms with Gasteiger partial charge in [0.25, 0.3) is 5.91 Å². The van der Waals surface area contributed by atoms with Crippen LogP contribution in [-0.2, 0) is 0 Å². The standard InChI is InChI=1S/C17H16N2O2/c1-3-18-17(21)15-16(20)12(2)14(11-19-15)10-9-13-7-5-4-6-8-13/h4-8,11,20H,3H2,1-2H3,(H,18,21). The highest BCUT2D eigenvalue weighted by atomic mass is 16.3. The molecule has 0 radical (unpaired) electrons. The van der Waals surface area contributed by atoms with Crippen LogP contribution < -0.4 is 5.32 Å². The molecule has 0 fully saturated rings. The average molecular weight is 280 g/mol. The third-order valence-corrected chi connectivity index (χ3v) is 2.97. The summed E-state index contributed by atoms with van der Waals surface area (Å²) in [7, 11) is 0. The molecule has 0 atom stereocenters. The largest absolute Gasteiger partial charge is 0.505 e. The first-order valence-electron chi connectivity index (χ1n) is 6.67. The normalized spacial score (nSPS) is 9.62. The molecule has 0 unspecified atom stereocenters. The lowest BCUT2D eigenvalue weighted by molar-refractivity contribution is 0.0947. The van der Waals surface area contributed by atoms with Gasteiger partial charge in [-0.1, -0.05) is 30.0 Å². The number of aromatic hydroxyl groups is 1. The lowest BCUT2D eigenvalue weighted by Gasteiger charge is -2.07. The summed E-state index contributed by atoms with van der Waals surface area (Å²) in [5, 5.41) is 12.7. The van der Waals surface area contributed by atoms with Gasteiger partial charge in [0.2, 0.25) is 0 Å². The van der Waals surface area contributed by atoms with E-state index in [2.05, 4.69) is 22.1 Å². The summed E-state index contributed by atoms with van der Waals surface area (Å²) in [6.45, 7) is 4.00. The average Bonchev–Trinajstić information content (AvgIpc) is 2.50. The Kier molecular flexibility index (Phi) is 4.57. The van der Waals surface area contributed by atoms with Crippen molar-refractivity contribution in [3.63, 3.8) is 0 Å². The molecule has 1 aromatic heterocycles. The minimum absolute atomic E-state index is 0.0274. The number of hydrogen-bond acceptors (Lipinski definition) is 3. The summed E-state index contributed by atoms with van der Waals surface area (Å²) >= 11 is 0. The van der Waals surface area contributed by atoms with E-state index in [1.165, 1.54) is 6.20 Å². The maximum absolute atomic E-state index is 11.7. The van der Waals surface area contributed by atoms with Gasteiger partial charge in [0.1, 0.15) is 0 Å². The minimum Gasteiger partial charge on any atom is -0.505 e. The van der Waals surface area contributed by atoms with Crippen molar-refractivity contribution in [2.45, 2.75) is 13.8 Å². The van der Waals surface area contributed by atoms with Crippen LogP contribution in [0.5, 0.6) is 5.75 Å². The molecule has 0 aliphatic heterocycles. The van der Waals surface area contributed by atoms with Crippen molar-refractivity contribution < 1.29 is 9.90 Å². The van der Waals surface area contributed by atoms with Gasteiger partial charge in [-0.05, 0) is 26.0 Å². The van der Waals surface area contributed by atoms with Crippen LogP contribution in [0, 0.1) is 18.8 Å². The van der Waals surface area contributed by atoms with Gasteiger partial charge in [0.15, 0.2) is 11.4 Å². The molecular weight excluding hydrogens is 264 g/mol. The Morgan fingerprint density at radius 2 is 2.00 bits per heavy atom. The molecule has 0 aliphatic carbocycles. The molecule has 0 saturated heterocycles. The number of nitrogens with zero attached hydrogens (tertiary/aromatic N) is 1. The Bertz CT molecular complexity index is 713. The molecule has 106 valence electrons.